The maximum absolute atomic E-state index is 12.3. The van der Waals surface area contributed by atoms with Crippen molar-refractivity contribution in [2.75, 3.05) is 12.4 Å². The number of thioether (sulfide) groups is 1. The molecule has 0 saturated carbocycles. The third kappa shape index (κ3) is 3.81. The van der Waals surface area contributed by atoms with E-state index >= 15 is 0 Å². The van der Waals surface area contributed by atoms with Crippen LogP contribution in [0.5, 0.6) is 5.75 Å². The van der Waals surface area contributed by atoms with Crippen LogP contribution in [0.4, 0.5) is 0 Å². The van der Waals surface area contributed by atoms with Gasteiger partial charge >= 0.3 is 5.69 Å². The predicted octanol–water partition coefficient (Wildman–Crippen LogP) is 0.539. The minimum absolute atomic E-state index is 0.0239. The Morgan fingerprint density at radius 1 is 1.29 bits per heavy atom. The summed E-state index contributed by atoms with van der Waals surface area (Å²) in [6, 6.07) is 5.94. The van der Waals surface area contributed by atoms with Gasteiger partial charge in [-0.05, 0) is 43.7 Å². The number of ether oxygens (including phenoxy) is 1. The fourth-order valence-electron chi connectivity index (χ4n) is 2.74. The lowest BCUT2D eigenvalue weighted by Crippen LogP contribution is -2.29. The first-order valence-corrected chi connectivity index (χ1v) is 9.56. The highest BCUT2D eigenvalue weighted by Crippen LogP contribution is 2.25. The zero-order valence-electron chi connectivity index (χ0n) is 15.6. The Bertz CT molecular complexity index is 1130. The summed E-state index contributed by atoms with van der Waals surface area (Å²) in [5.41, 5.74) is -0.188. The number of nitrogens with one attached hydrogen (secondary N) is 1. The molecule has 3 rings (SSSR count). The number of aromatic amines is 1. The fourth-order valence-corrected chi connectivity index (χ4v) is 3.68. The lowest BCUT2D eigenvalue weighted by molar-refractivity contribution is -0.255. The molecule has 0 fully saturated rings. The zero-order chi connectivity index (χ0) is 20.4. The van der Waals surface area contributed by atoms with Crippen molar-refractivity contribution in [2.45, 2.75) is 25.0 Å². The van der Waals surface area contributed by atoms with Crippen LogP contribution in [0.2, 0.25) is 0 Å². The summed E-state index contributed by atoms with van der Waals surface area (Å²) in [7, 11) is 1.56. The Morgan fingerprint density at radius 2 is 1.96 bits per heavy atom. The number of hydrogen-bond donors (Lipinski definition) is 1. The van der Waals surface area contributed by atoms with E-state index in [1.165, 1.54) is 28.5 Å². The second-order valence-electron chi connectivity index (χ2n) is 6.36. The molecule has 0 atom stereocenters. The molecule has 0 amide bonds. The van der Waals surface area contributed by atoms with E-state index in [4.69, 9.17) is 4.74 Å². The molecule has 0 saturated heterocycles. The summed E-state index contributed by atoms with van der Waals surface area (Å²) in [6.07, 6.45) is 0. The van der Waals surface area contributed by atoms with Crippen LogP contribution in [-0.4, -0.2) is 37.4 Å². The van der Waals surface area contributed by atoms with Gasteiger partial charge in [-0.25, -0.2) is 9.78 Å². The molecule has 28 heavy (non-hydrogen) atoms. The Morgan fingerprint density at radius 3 is 2.57 bits per heavy atom. The van der Waals surface area contributed by atoms with Gasteiger partial charge in [0, 0.05) is 18.8 Å². The van der Waals surface area contributed by atoms with E-state index in [0.29, 0.717) is 34.4 Å². The van der Waals surface area contributed by atoms with Gasteiger partial charge in [0.1, 0.15) is 5.75 Å². The van der Waals surface area contributed by atoms with Gasteiger partial charge in [-0.15, -0.1) is 0 Å². The number of aryl methyl sites for hydroxylation is 1. The van der Waals surface area contributed by atoms with Crippen molar-refractivity contribution in [1.82, 2.24) is 19.1 Å². The van der Waals surface area contributed by atoms with E-state index in [-0.39, 0.29) is 11.6 Å². The normalized spacial score (nSPS) is 11.3. The maximum atomic E-state index is 12.3. The Balaban J connectivity index is 1.75. The summed E-state index contributed by atoms with van der Waals surface area (Å²) in [5.74, 6) is -0.148. The van der Waals surface area contributed by atoms with Gasteiger partial charge in [-0.3, -0.25) is 14.3 Å². The Hall–Kier alpha value is -3.01. The number of imidazole rings is 1. The SMILES string of the molecule is CC(C)n1c(SCCOc2ccc(C(=O)[O-])cc2)nc2c1c(=O)[nH]c(=O)n2C. The Kier molecular flexibility index (Phi) is 5.59. The van der Waals surface area contributed by atoms with Gasteiger partial charge in [0.25, 0.3) is 5.56 Å². The summed E-state index contributed by atoms with van der Waals surface area (Å²) in [4.78, 5) is 41.6. The smallest absolute Gasteiger partial charge is 0.329 e. The van der Waals surface area contributed by atoms with Crippen molar-refractivity contribution in [3.05, 3.63) is 50.7 Å². The highest BCUT2D eigenvalue weighted by atomic mass is 32.2. The molecule has 0 aliphatic heterocycles. The van der Waals surface area contributed by atoms with Crippen molar-refractivity contribution in [3.8, 4) is 5.75 Å². The first-order chi connectivity index (χ1) is 13.3. The third-order valence-corrected chi connectivity index (χ3v) is 5.02. The van der Waals surface area contributed by atoms with Crippen molar-refractivity contribution >= 4 is 28.9 Å². The number of hydrogen-bond acceptors (Lipinski definition) is 7. The van der Waals surface area contributed by atoms with Crippen molar-refractivity contribution in [1.29, 1.82) is 0 Å². The molecule has 10 heteroatoms. The van der Waals surface area contributed by atoms with Crippen LogP contribution in [0.15, 0.2) is 39.0 Å². The fraction of sp³-hybridized carbons (Fsp3) is 0.333. The van der Waals surface area contributed by atoms with Gasteiger partial charge in [0.15, 0.2) is 16.3 Å². The molecule has 1 aromatic carbocycles. The summed E-state index contributed by atoms with van der Waals surface area (Å²) >= 11 is 1.41. The molecule has 148 valence electrons. The third-order valence-electron chi connectivity index (χ3n) is 4.11. The highest BCUT2D eigenvalue weighted by molar-refractivity contribution is 7.99. The van der Waals surface area contributed by atoms with Crippen LogP contribution >= 0.6 is 11.8 Å². The number of carboxylic acids is 1. The minimum Gasteiger partial charge on any atom is -0.545 e. The number of aromatic carboxylic acids is 1. The van der Waals surface area contributed by atoms with Crippen LogP contribution in [0, 0.1) is 0 Å². The molecule has 9 nitrogen and oxygen atoms in total. The molecule has 0 unspecified atom stereocenters. The molecule has 3 aromatic rings. The minimum atomic E-state index is -1.24. The van der Waals surface area contributed by atoms with E-state index in [2.05, 4.69) is 9.97 Å². The number of benzene rings is 1. The van der Waals surface area contributed by atoms with Gasteiger partial charge in [0.05, 0.1) is 12.6 Å². The summed E-state index contributed by atoms with van der Waals surface area (Å²) in [6.45, 7) is 4.22. The van der Waals surface area contributed by atoms with Crippen LogP contribution in [0.1, 0.15) is 30.2 Å². The number of fused-ring (bicyclic) bond motifs is 1. The standard InChI is InChI=1S/C18H20N4O5S/c1-10(2)22-13-14(21(3)17(26)20-15(13)23)19-18(22)28-9-8-27-12-6-4-11(5-7-12)16(24)25/h4-7,10H,8-9H2,1-3H3,(H,24,25)(H,20,23,26)/p-1. The van der Waals surface area contributed by atoms with Crippen molar-refractivity contribution < 1.29 is 14.6 Å². The van der Waals surface area contributed by atoms with Crippen LogP contribution in [0.25, 0.3) is 11.2 Å². The van der Waals surface area contributed by atoms with Gasteiger partial charge in [0.2, 0.25) is 0 Å². The number of carboxylic acid groups (broad SMARTS) is 1. The molecule has 1 N–H and O–H groups in total. The topological polar surface area (TPSA) is 122 Å². The quantitative estimate of drug-likeness (QED) is 0.451. The molecular weight excluding hydrogens is 384 g/mol. The number of carbonyl (C=O) groups excluding carboxylic acids is 1. The Labute approximate surface area is 164 Å². The average molecular weight is 403 g/mol. The largest absolute Gasteiger partial charge is 0.545 e. The van der Waals surface area contributed by atoms with Gasteiger partial charge in [-0.1, -0.05) is 11.8 Å². The monoisotopic (exact) mass is 403 g/mol. The maximum Gasteiger partial charge on any atom is 0.329 e. The molecule has 0 radical (unpaired) electrons. The number of nitrogens with zero attached hydrogens (tertiary/aromatic N) is 3. The lowest BCUT2D eigenvalue weighted by Gasteiger charge is -2.12. The first kappa shape index (κ1) is 19.7. The zero-order valence-corrected chi connectivity index (χ0v) is 16.4. The number of rotatable bonds is 7. The molecular formula is C18H19N4O5S-. The molecule has 0 aliphatic carbocycles. The van der Waals surface area contributed by atoms with Crippen LogP contribution in [-0.2, 0) is 7.05 Å². The van der Waals surface area contributed by atoms with Crippen molar-refractivity contribution in [3.63, 3.8) is 0 Å². The van der Waals surface area contributed by atoms with E-state index in [1.54, 1.807) is 23.7 Å². The molecule has 2 aromatic heterocycles. The molecule has 0 spiro atoms. The van der Waals surface area contributed by atoms with E-state index in [9.17, 15) is 19.5 Å². The number of aromatic nitrogens is 4. The van der Waals surface area contributed by atoms with E-state index in [1.807, 2.05) is 13.8 Å². The second-order valence-corrected chi connectivity index (χ2v) is 7.42. The number of carbonyl (C=O) groups is 1. The lowest BCUT2D eigenvalue weighted by atomic mass is 10.2. The van der Waals surface area contributed by atoms with Crippen LogP contribution < -0.4 is 21.1 Å². The predicted molar refractivity (Wildman–Crippen MR) is 103 cm³/mol. The van der Waals surface area contributed by atoms with E-state index < -0.39 is 17.2 Å². The summed E-state index contributed by atoms with van der Waals surface area (Å²) in [5, 5.41) is 11.4. The average Bonchev–Trinajstić information content (AvgIpc) is 3.04. The molecule has 0 bridgehead atoms. The summed E-state index contributed by atoms with van der Waals surface area (Å²) < 4.78 is 8.72. The van der Waals surface area contributed by atoms with Gasteiger partial charge in [-0.2, -0.15) is 0 Å². The van der Waals surface area contributed by atoms with Crippen LogP contribution in [0.3, 0.4) is 0 Å². The van der Waals surface area contributed by atoms with Crippen molar-refractivity contribution in [2.24, 2.45) is 7.05 Å². The second kappa shape index (κ2) is 7.93. The molecule has 0 aliphatic rings. The van der Waals surface area contributed by atoms with Gasteiger partial charge < -0.3 is 19.2 Å². The highest BCUT2D eigenvalue weighted by Gasteiger charge is 2.19. The molecule has 2 heterocycles. The van der Waals surface area contributed by atoms with E-state index in [0.717, 1.165) is 0 Å². The first-order valence-electron chi connectivity index (χ1n) is 8.58. The number of H-pyrrole nitrogens is 1.